The lowest BCUT2D eigenvalue weighted by atomic mass is 10.1. The molecule has 1 fully saturated rings. The van der Waals surface area contributed by atoms with Crippen molar-refractivity contribution in [3.63, 3.8) is 0 Å². The molecule has 1 saturated heterocycles. The fourth-order valence-electron chi connectivity index (χ4n) is 5.23. The Labute approximate surface area is 219 Å². The summed E-state index contributed by atoms with van der Waals surface area (Å²) in [6.45, 7) is 5.31. The fraction of sp³-hybridized carbons (Fsp3) is 0.393. The van der Waals surface area contributed by atoms with Crippen molar-refractivity contribution in [3.05, 3.63) is 62.4 Å². The van der Waals surface area contributed by atoms with Crippen molar-refractivity contribution in [2.45, 2.75) is 58.8 Å². The van der Waals surface area contributed by atoms with Crippen LogP contribution < -0.4 is 21.8 Å². The molecule has 0 saturated carbocycles. The molecule has 3 aromatic heterocycles. The van der Waals surface area contributed by atoms with Gasteiger partial charge in [-0.2, -0.15) is 5.26 Å². The van der Waals surface area contributed by atoms with Gasteiger partial charge in [0.25, 0.3) is 11.1 Å². The minimum absolute atomic E-state index is 0.0149. The van der Waals surface area contributed by atoms with Crippen LogP contribution in [-0.2, 0) is 19.6 Å². The van der Waals surface area contributed by atoms with Gasteiger partial charge in [0.05, 0.1) is 37.8 Å². The minimum Gasteiger partial charge on any atom is -0.341 e. The van der Waals surface area contributed by atoms with Crippen molar-refractivity contribution in [2.75, 3.05) is 18.0 Å². The molecular formula is C28H30N8O2. The van der Waals surface area contributed by atoms with Gasteiger partial charge in [0.2, 0.25) is 5.95 Å². The first-order chi connectivity index (χ1) is 18.4. The van der Waals surface area contributed by atoms with Crippen LogP contribution >= 0.6 is 0 Å². The summed E-state index contributed by atoms with van der Waals surface area (Å²) in [4.78, 5) is 39.4. The molecule has 4 heterocycles. The third-order valence-corrected chi connectivity index (χ3v) is 6.95. The number of fused-ring (bicyclic) bond motifs is 2. The highest BCUT2D eigenvalue weighted by atomic mass is 16.2. The third-order valence-electron chi connectivity index (χ3n) is 6.95. The van der Waals surface area contributed by atoms with Crippen molar-refractivity contribution in [2.24, 2.45) is 5.73 Å². The molecule has 1 aromatic carbocycles. The molecule has 2 N–H and O–H groups in total. The van der Waals surface area contributed by atoms with E-state index in [4.69, 9.17) is 10.7 Å². The monoisotopic (exact) mass is 510 g/mol. The van der Waals surface area contributed by atoms with Gasteiger partial charge in [0, 0.05) is 30.2 Å². The number of nitrogens with two attached hydrogens (primary N) is 1. The Morgan fingerprint density at radius 1 is 1.16 bits per heavy atom. The summed E-state index contributed by atoms with van der Waals surface area (Å²) in [6, 6.07) is 11.9. The molecule has 0 bridgehead atoms. The largest absolute Gasteiger partial charge is 0.341 e. The van der Waals surface area contributed by atoms with Crippen LogP contribution in [0.5, 0.6) is 0 Å². The van der Waals surface area contributed by atoms with Crippen LogP contribution in [0.25, 0.3) is 21.8 Å². The van der Waals surface area contributed by atoms with Crippen molar-refractivity contribution in [3.8, 4) is 17.9 Å². The van der Waals surface area contributed by atoms with Crippen LogP contribution in [0, 0.1) is 30.1 Å². The maximum Gasteiger partial charge on any atom is 0.293 e. The Kier molecular flexibility index (Phi) is 6.99. The summed E-state index contributed by atoms with van der Waals surface area (Å²) in [5.74, 6) is 6.44. The molecule has 10 heteroatoms. The standard InChI is InChI=1S/C28H30N8O2/c1-3-4-14-34-25-24(32-28(34)33-13-7-10-21(30)17-33)26(37)35(15-8-12-29)36(27(25)38)18-23-22-11-6-5-9-20(22)16-19(2)31-23/h5-6,9,11,16,21H,7-8,10,13-15,17-18,30H2,1-2H3. The molecule has 1 atom stereocenters. The average molecular weight is 511 g/mol. The third kappa shape index (κ3) is 4.55. The summed E-state index contributed by atoms with van der Waals surface area (Å²) in [5.41, 5.74) is 7.22. The number of aromatic nitrogens is 5. The predicted molar refractivity (Wildman–Crippen MR) is 147 cm³/mol. The molecule has 0 spiro atoms. The summed E-state index contributed by atoms with van der Waals surface area (Å²) < 4.78 is 4.47. The van der Waals surface area contributed by atoms with Crippen LogP contribution in [0.1, 0.15) is 37.6 Å². The van der Waals surface area contributed by atoms with E-state index in [0.29, 0.717) is 18.2 Å². The number of aryl methyl sites for hydroxylation is 1. The molecule has 10 nitrogen and oxygen atoms in total. The Morgan fingerprint density at radius 3 is 2.74 bits per heavy atom. The summed E-state index contributed by atoms with van der Waals surface area (Å²) in [5, 5.41) is 11.2. The van der Waals surface area contributed by atoms with Crippen LogP contribution in [-0.4, -0.2) is 43.0 Å². The molecule has 0 amide bonds. The van der Waals surface area contributed by atoms with Crippen LogP contribution in [0.3, 0.4) is 0 Å². The van der Waals surface area contributed by atoms with Crippen molar-refractivity contribution >= 4 is 27.8 Å². The smallest absolute Gasteiger partial charge is 0.293 e. The van der Waals surface area contributed by atoms with Gasteiger partial charge < -0.3 is 10.6 Å². The summed E-state index contributed by atoms with van der Waals surface area (Å²) in [6.07, 6.45) is 1.88. The van der Waals surface area contributed by atoms with Crippen LogP contribution in [0.4, 0.5) is 5.95 Å². The second-order valence-electron chi connectivity index (χ2n) is 9.60. The van der Waals surface area contributed by atoms with Crippen molar-refractivity contribution < 1.29 is 0 Å². The number of hydrogen-bond donors (Lipinski definition) is 1. The minimum atomic E-state index is -0.419. The van der Waals surface area contributed by atoms with Gasteiger partial charge in [0.1, 0.15) is 5.52 Å². The van der Waals surface area contributed by atoms with E-state index in [1.807, 2.05) is 42.2 Å². The highest BCUT2D eigenvalue weighted by Crippen LogP contribution is 2.23. The summed E-state index contributed by atoms with van der Waals surface area (Å²) >= 11 is 0. The highest BCUT2D eigenvalue weighted by Gasteiger charge is 2.27. The SMILES string of the molecule is CC#CCn1c(N2CCCC(N)C2)nc2c(=O)n(CCC#N)n(Cc3nc(C)cc4ccccc34)c(=O)c21. The first-order valence-electron chi connectivity index (χ1n) is 12.8. The molecule has 1 unspecified atom stereocenters. The quantitative estimate of drug-likeness (QED) is 0.394. The van der Waals surface area contributed by atoms with Crippen LogP contribution in [0.15, 0.2) is 39.9 Å². The van der Waals surface area contributed by atoms with E-state index in [1.165, 1.54) is 9.36 Å². The number of nitriles is 1. The zero-order valence-corrected chi connectivity index (χ0v) is 21.6. The van der Waals surface area contributed by atoms with E-state index in [0.717, 1.165) is 35.9 Å². The van der Waals surface area contributed by atoms with Gasteiger partial charge in [-0.05, 0) is 38.1 Å². The number of nitrogens with zero attached hydrogens (tertiary/aromatic N) is 7. The average Bonchev–Trinajstić information content (AvgIpc) is 3.30. The van der Waals surface area contributed by atoms with E-state index in [1.54, 1.807) is 11.5 Å². The lowest BCUT2D eigenvalue weighted by molar-refractivity contribution is 0.444. The van der Waals surface area contributed by atoms with Gasteiger partial charge in [0.15, 0.2) is 5.52 Å². The summed E-state index contributed by atoms with van der Waals surface area (Å²) in [7, 11) is 0. The molecule has 5 rings (SSSR count). The highest BCUT2D eigenvalue weighted by molar-refractivity contribution is 5.85. The number of rotatable bonds is 6. The van der Waals surface area contributed by atoms with Crippen molar-refractivity contribution in [1.29, 1.82) is 5.26 Å². The second-order valence-corrected chi connectivity index (χ2v) is 9.60. The molecule has 38 heavy (non-hydrogen) atoms. The first-order valence-corrected chi connectivity index (χ1v) is 12.8. The van der Waals surface area contributed by atoms with E-state index >= 15 is 0 Å². The lowest BCUT2D eigenvalue weighted by Gasteiger charge is -2.31. The lowest BCUT2D eigenvalue weighted by Crippen LogP contribution is -2.44. The Balaban J connectivity index is 1.77. The molecular weight excluding hydrogens is 480 g/mol. The molecule has 1 aliphatic heterocycles. The Hall–Kier alpha value is -4.41. The Bertz CT molecular complexity index is 1750. The molecule has 1 aliphatic rings. The predicted octanol–water partition coefficient (Wildman–Crippen LogP) is 2.13. The number of hydrogen-bond acceptors (Lipinski definition) is 7. The molecule has 194 valence electrons. The molecule has 0 radical (unpaired) electrons. The molecule has 4 aromatic rings. The van der Waals surface area contributed by atoms with E-state index in [-0.39, 0.29) is 48.7 Å². The van der Waals surface area contributed by atoms with Gasteiger partial charge in [-0.25, -0.2) is 14.3 Å². The van der Waals surface area contributed by atoms with Gasteiger partial charge in [-0.15, -0.1) is 5.92 Å². The first kappa shape index (κ1) is 25.2. The fourth-order valence-corrected chi connectivity index (χ4v) is 5.23. The van der Waals surface area contributed by atoms with Crippen LogP contribution in [0.2, 0.25) is 0 Å². The number of pyridine rings is 1. The topological polar surface area (TPSA) is 128 Å². The Morgan fingerprint density at radius 2 is 1.97 bits per heavy atom. The van der Waals surface area contributed by atoms with E-state index in [2.05, 4.69) is 22.9 Å². The number of anilines is 1. The zero-order valence-electron chi connectivity index (χ0n) is 21.6. The second kappa shape index (κ2) is 10.5. The number of benzene rings is 1. The maximum absolute atomic E-state index is 14.2. The number of imidazole rings is 1. The zero-order chi connectivity index (χ0) is 26.8. The van der Waals surface area contributed by atoms with Gasteiger partial charge in [-0.3, -0.25) is 19.1 Å². The van der Waals surface area contributed by atoms with Crippen molar-refractivity contribution in [1.82, 2.24) is 23.9 Å². The maximum atomic E-state index is 14.2. The molecule has 0 aliphatic carbocycles. The normalized spacial score (nSPS) is 15.4. The van der Waals surface area contributed by atoms with E-state index in [9.17, 15) is 14.9 Å². The van der Waals surface area contributed by atoms with E-state index < -0.39 is 5.56 Å². The number of piperidine rings is 1. The van der Waals surface area contributed by atoms with Gasteiger partial charge >= 0.3 is 0 Å². The van der Waals surface area contributed by atoms with Gasteiger partial charge in [-0.1, -0.05) is 30.2 Å².